The fraction of sp³-hybridized carbons (Fsp3) is 0.350. The highest BCUT2D eigenvalue weighted by atomic mass is 16.6. The van der Waals surface area contributed by atoms with E-state index in [-0.39, 0.29) is 23.3 Å². The third kappa shape index (κ3) is 5.44. The largest absolute Gasteiger partial charge is 0.496 e. The zero-order valence-corrected chi connectivity index (χ0v) is 15.7. The van der Waals surface area contributed by atoms with E-state index in [4.69, 9.17) is 9.47 Å². The van der Waals surface area contributed by atoms with Crippen molar-refractivity contribution in [1.29, 1.82) is 0 Å². The average Bonchev–Trinajstić information content (AvgIpc) is 2.69. The zero-order valence-electron chi connectivity index (χ0n) is 15.7. The molecule has 0 heterocycles. The first kappa shape index (κ1) is 20.2. The van der Waals surface area contributed by atoms with Crippen LogP contribution in [0.1, 0.15) is 31.7 Å². The van der Waals surface area contributed by atoms with Gasteiger partial charge in [-0.3, -0.25) is 14.9 Å². The van der Waals surface area contributed by atoms with Crippen molar-refractivity contribution in [3.05, 3.63) is 64.2 Å². The number of amides is 1. The Morgan fingerprint density at radius 2 is 1.93 bits per heavy atom. The van der Waals surface area contributed by atoms with Crippen LogP contribution in [0, 0.1) is 10.1 Å². The fourth-order valence-electron chi connectivity index (χ4n) is 2.70. The predicted octanol–water partition coefficient (Wildman–Crippen LogP) is 3.68. The molecule has 7 nitrogen and oxygen atoms in total. The number of nitrogens with zero attached hydrogens (tertiary/aromatic N) is 1. The third-order valence-corrected chi connectivity index (χ3v) is 4.32. The summed E-state index contributed by atoms with van der Waals surface area (Å²) in [7, 11) is 1.42. The highest BCUT2D eigenvalue weighted by Crippen LogP contribution is 2.31. The summed E-state index contributed by atoms with van der Waals surface area (Å²) in [6, 6.07) is 14.2. The lowest BCUT2D eigenvalue weighted by Crippen LogP contribution is -2.38. The molecule has 0 unspecified atom stereocenters. The molecule has 144 valence electrons. The summed E-state index contributed by atoms with van der Waals surface area (Å²) in [5.74, 6) is 0.241. The number of rotatable bonds is 9. The van der Waals surface area contributed by atoms with Crippen LogP contribution in [0.25, 0.3) is 0 Å². The first-order valence-electron chi connectivity index (χ1n) is 8.78. The molecular weight excluding hydrogens is 348 g/mol. The molecule has 0 aromatic heterocycles. The Kier molecular flexibility index (Phi) is 7.16. The van der Waals surface area contributed by atoms with Crippen LogP contribution in [0.5, 0.6) is 11.5 Å². The summed E-state index contributed by atoms with van der Waals surface area (Å²) < 4.78 is 10.5. The van der Waals surface area contributed by atoms with Crippen molar-refractivity contribution < 1.29 is 19.2 Å². The van der Waals surface area contributed by atoms with Crippen molar-refractivity contribution >= 4 is 11.6 Å². The van der Waals surface area contributed by atoms with Gasteiger partial charge in [-0.15, -0.1) is 0 Å². The molecule has 2 atom stereocenters. The number of nitro groups is 1. The molecule has 0 aliphatic rings. The maximum Gasteiger partial charge on any atom is 0.314 e. The molecule has 0 saturated carbocycles. The van der Waals surface area contributed by atoms with E-state index in [0.29, 0.717) is 12.3 Å². The SMILES string of the molecule is CC[C@H](CNC(=O)[C@H](C)Oc1ccc(OC)cc1[N+](=O)[O-])c1ccccc1. The molecule has 2 aromatic carbocycles. The molecule has 1 N–H and O–H groups in total. The van der Waals surface area contributed by atoms with Crippen molar-refractivity contribution in [2.45, 2.75) is 32.3 Å². The summed E-state index contributed by atoms with van der Waals surface area (Å²) in [6.07, 6.45) is 0.00843. The number of nitro benzene ring substituents is 1. The first-order chi connectivity index (χ1) is 13.0. The standard InChI is InChI=1S/C20H24N2O5/c1-4-15(16-8-6-5-7-9-16)13-21-20(23)14(2)27-19-11-10-17(26-3)12-18(19)22(24)25/h5-12,14-15H,4,13H2,1-3H3,(H,21,23)/t14-,15+/m0/s1. The molecule has 0 aliphatic carbocycles. The number of hydrogen-bond donors (Lipinski definition) is 1. The molecule has 0 radical (unpaired) electrons. The molecule has 1 amide bonds. The summed E-state index contributed by atoms with van der Waals surface area (Å²) in [4.78, 5) is 23.0. The lowest BCUT2D eigenvalue weighted by Gasteiger charge is -2.19. The molecule has 27 heavy (non-hydrogen) atoms. The number of carbonyl (C=O) groups excluding carboxylic acids is 1. The Balaban J connectivity index is 2.00. The van der Waals surface area contributed by atoms with E-state index < -0.39 is 11.0 Å². The summed E-state index contributed by atoms with van der Waals surface area (Å²) in [6.45, 7) is 4.09. The Labute approximate surface area is 158 Å². The second-order valence-electron chi connectivity index (χ2n) is 6.11. The molecule has 0 bridgehead atoms. The van der Waals surface area contributed by atoms with Crippen LogP contribution in [-0.4, -0.2) is 30.6 Å². The minimum absolute atomic E-state index is 0.0264. The van der Waals surface area contributed by atoms with E-state index in [1.165, 1.54) is 19.2 Å². The molecule has 0 fully saturated rings. The van der Waals surface area contributed by atoms with Crippen molar-refractivity contribution in [1.82, 2.24) is 5.32 Å². The monoisotopic (exact) mass is 372 g/mol. The third-order valence-electron chi connectivity index (χ3n) is 4.32. The van der Waals surface area contributed by atoms with E-state index in [2.05, 4.69) is 12.2 Å². The number of carbonyl (C=O) groups is 1. The molecule has 0 spiro atoms. The van der Waals surface area contributed by atoms with E-state index in [0.717, 1.165) is 12.0 Å². The van der Waals surface area contributed by atoms with Gasteiger partial charge in [-0.2, -0.15) is 0 Å². The van der Waals surface area contributed by atoms with Crippen LogP contribution in [0.15, 0.2) is 48.5 Å². The van der Waals surface area contributed by atoms with Crippen LogP contribution < -0.4 is 14.8 Å². The molecule has 2 aromatic rings. The van der Waals surface area contributed by atoms with Gasteiger partial charge in [-0.25, -0.2) is 0 Å². The zero-order chi connectivity index (χ0) is 19.8. The lowest BCUT2D eigenvalue weighted by atomic mass is 9.96. The topological polar surface area (TPSA) is 90.7 Å². The van der Waals surface area contributed by atoms with Gasteiger partial charge >= 0.3 is 5.69 Å². The molecule has 2 rings (SSSR count). The second-order valence-corrected chi connectivity index (χ2v) is 6.11. The maximum absolute atomic E-state index is 12.4. The van der Waals surface area contributed by atoms with Gasteiger partial charge in [0.05, 0.1) is 18.1 Å². The van der Waals surface area contributed by atoms with Crippen molar-refractivity contribution in [2.24, 2.45) is 0 Å². The highest BCUT2D eigenvalue weighted by Gasteiger charge is 2.22. The first-order valence-corrected chi connectivity index (χ1v) is 8.78. The number of ether oxygens (including phenoxy) is 2. The van der Waals surface area contributed by atoms with Crippen LogP contribution in [0.2, 0.25) is 0 Å². The van der Waals surface area contributed by atoms with E-state index in [1.807, 2.05) is 30.3 Å². The highest BCUT2D eigenvalue weighted by molar-refractivity contribution is 5.81. The van der Waals surface area contributed by atoms with Gasteiger partial charge in [-0.1, -0.05) is 37.3 Å². The van der Waals surface area contributed by atoms with Crippen molar-refractivity contribution in [2.75, 3.05) is 13.7 Å². The second kappa shape index (κ2) is 9.56. The Morgan fingerprint density at radius 3 is 2.52 bits per heavy atom. The van der Waals surface area contributed by atoms with Gasteiger partial charge in [0.25, 0.3) is 5.91 Å². The van der Waals surface area contributed by atoms with Gasteiger partial charge in [-0.05, 0) is 31.0 Å². The smallest absolute Gasteiger partial charge is 0.314 e. The number of nitrogens with one attached hydrogen (secondary N) is 1. The molecular formula is C20H24N2O5. The Hall–Kier alpha value is -3.09. The summed E-state index contributed by atoms with van der Waals surface area (Å²) >= 11 is 0. The van der Waals surface area contributed by atoms with Crippen LogP contribution in [0.3, 0.4) is 0 Å². The average molecular weight is 372 g/mol. The van der Waals surface area contributed by atoms with Gasteiger partial charge in [0.15, 0.2) is 11.9 Å². The molecule has 0 aliphatic heterocycles. The maximum atomic E-state index is 12.4. The molecule has 7 heteroatoms. The Morgan fingerprint density at radius 1 is 1.22 bits per heavy atom. The Bertz CT molecular complexity index is 779. The quantitative estimate of drug-likeness (QED) is 0.536. The number of hydrogen-bond acceptors (Lipinski definition) is 5. The summed E-state index contributed by atoms with van der Waals surface area (Å²) in [5, 5.41) is 14.1. The van der Waals surface area contributed by atoms with E-state index >= 15 is 0 Å². The van der Waals surface area contributed by atoms with Crippen LogP contribution >= 0.6 is 0 Å². The minimum Gasteiger partial charge on any atom is -0.496 e. The predicted molar refractivity (Wildman–Crippen MR) is 102 cm³/mol. The van der Waals surface area contributed by atoms with E-state index in [9.17, 15) is 14.9 Å². The normalized spacial score (nSPS) is 12.7. The minimum atomic E-state index is -0.870. The molecule has 0 saturated heterocycles. The van der Waals surface area contributed by atoms with Gasteiger partial charge in [0.2, 0.25) is 0 Å². The van der Waals surface area contributed by atoms with Crippen molar-refractivity contribution in [3.8, 4) is 11.5 Å². The summed E-state index contributed by atoms with van der Waals surface area (Å²) in [5.41, 5.74) is 0.907. The van der Waals surface area contributed by atoms with Gasteiger partial charge < -0.3 is 14.8 Å². The van der Waals surface area contributed by atoms with Crippen molar-refractivity contribution in [3.63, 3.8) is 0 Å². The van der Waals surface area contributed by atoms with Gasteiger partial charge in [0, 0.05) is 12.5 Å². The number of methoxy groups -OCH3 is 1. The van der Waals surface area contributed by atoms with Crippen LogP contribution in [0.4, 0.5) is 5.69 Å². The van der Waals surface area contributed by atoms with E-state index in [1.54, 1.807) is 13.0 Å². The van der Waals surface area contributed by atoms with Gasteiger partial charge in [0.1, 0.15) is 5.75 Å². The fourth-order valence-corrected chi connectivity index (χ4v) is 2.70. The van der Waals surface area contributed by atoms with Crippen LogP contribution in [-0.2, 0) is 4.79 Å². The number of benzene rings is 2. The lowest BCUT2D eigenvalue weighted by molar-refractivity contribution is -0.386.